The summed E-state index contributed by atoms with van der Waals surface area (Å²) < 4.78 is 1.88. The molecule has 7 heteroatoms. The van der Waals surface area contributed by atoms with Gasteiger partial charge in [0.25, 0.3) is 0 Å². The molecule has 0 atom stereocenters. The van der Waals surface area contributed by atoms with Gasteiger partial charge in [0.2, 0.25) is 5.91 Å². The van der Waals surface area contributed by atoms with Crippen molar-refractivity contribution < 1.29 is 4.79 Å². The number of nitrogens with zero attached hydrogens (tertiary/aromatic N) is 3. The molecule has 6 nitrogen and oxygen atoms in total. The summed E-state index contributed by atoms with van der Waals surface area (Å²) in [4.78, 5) is 22.0. The summed E-state index contributed by atoms with van der Waals surface area (Å²) in [5.41, 5.74) is 11.7. The first kappa shape index (κ1) is 17.7. The zero-order chi connectivity index (χ0) is 19.1. The van der Waals surface area contributed by atoms with Gasteiger partial charge in [-0.05, 0) is 55.3 Å². The number of fused-ring (bicyclic) bond motifs is 4. The molecule has 0 bridgehead atoms. The summed E-state index contributed by atoms with van der Waals surface area (Å²) in [6, 6.07) is 9.65. The van der Waals surface area contributed by atoms with E-state index in [1.54, 1.807) is 0 Å². The van der Waals surface area contributed by atoms with Gasteiger partial charge < -0.3 is 15.6 Å². The molecule has 2 heterocycles. The summed E-state index contributed by atoms with van der Waals surface area (Å²) in [5, 5.41) is 4.31. The molecule has 2 aromatic heterocycles. The van der Waals surface area contributed by atoms with Crippen LogP contribution in [0.25, 0.3) is 33.1 Å². The monoisotopic (exact) mass is 381 g/mol. The Morgan fingerprint density at radius 3 is 2.56 bits per heavy atom. The molecule has 0 fully saturated rings. The van der Waals surface area contributed by atoms with E-state index in [-0.39, 0.29) is 12.5 Å². The van der Waals surface area contributed by atoms with Gasteiger partial charge in [-0.15, -0.1) is 0 Å². The number of amides is 1. The highest BCUT2D eigenvalue weighted by Gasteiger charge is 2.17. The lowest BCUT2D eigenvalue weighted by atomic mass is 10.1. The molecular formula is C20H20ClN5O. The molecule has 0 radical (unpaired) electrons. The van der Waals surface area contributed by atoms with E-state index in [0.29, 0.717) is 23.8 Å². The SMILES string of the molecule is Cc1cc2nc3c4cc(Cl)ccc4n(CC(=O)NCCN)c3nc2cc1C. The molecule has 0 spiro atoms. The second-order valence-electron chi connectivity index (χ2n) is 6.71. The maximum absolute atomic E-state index is 12.3. The van der Waals surface area contributed by atoms with Crippen LogP contribution in [0.1, 0.15) is 11.1 Å². The predicted molar refractivity (Wildman–Crippen MR) is 109 cm³/mol. The van der Waals surface area contributed by atoms with Crippen molar-refractivity contribution in [1.82, 2.24) is 19.9 Å². The Hall–Kier alpha value is -2.70. The first-order valence-corrected chi connectivity index (χ1v) is 9.19. The Labute approximate surface area is 161 Å². The normalized spacial score (nSPS) is 11.6. The van der Waals surface area contributed by atoms with Gasteiger partial charge in [0, 0.05) is 23.5 Å². The highest BCUT2D eigenvalue weighted by atomic mass is 35.5. The van der Waals surface area contributed by atoms with Crippen LogP contribution in [0, 0.1) is 13.8 Å². The number of aryl methyl sites for hydroxylation is 2. The lowest BCUT2D eigenvalue weighted by Gasteiger charge is -2.08. The minimum Gasteiger partial charge on any atom is -0.353 e. The first-order valence-electron chi connectivity index (χ1n) is 8.81. The average Bonchev–Trinajstić information content (AvgIpc) is 2.91. The zero-order valence-electron chi connectivity index (χ0n) is 15.2. The number of benzene rings is 2. The molecule has 0 unspecified atom stereocenters. The third kappa shape index (κ3) is 3.11. The van der Waals surface area contributed by atoms with Crippen molar-refractivity contribution in [3.8, 4) is 0 Å². The molecule has 27 heavy (non-hydrogen) atoms. The molecule has 138 valence electrons. The lowest BCUT2D eigenvalue weighted by molar-refractivity contribution is -0.121. The smallest absolute Gasteiger partial charge is 0.240 e. The first-order chi connectivity index (χ1) is 13.0. The predicted octanol–water partition coefficient (Wildman–Crippen LogP) is 3.08. The number of carbonyl (C=O) groups excluding carboxylic acids is 1. The Balaban J connectivity index is 1.99. The van der Waals surface area contributed by atoms with E-state index in [2.05, 4.69) is 19.2 Å². The molecule has 4 aromatic rings. The van der Waals surface area contributed by atoms with Crippen LogP contribution in [0.4, 0.5) is 0 Å². The summed E-state index contributed by atoms with van der Waals surface area (Å²) >= 11 is 6.22. The number of aromatic nitrogens is 3. The molecule has 0 aliphatic rings. The standard InChI is InChI=1S/C20H20ClN5O/c1-11-7-15-16(8-12(11)2)25-20-19(24-15)14-9-13(21)3-4-17(14)26(20)10-18(27)23-6-5-22/h3-4,7-9H,5-6,10,22H2,1-2H3,(H,23,27). The molecular weight excluding hydrogens is 362 g/mol. The minimum absolute atomic E-state index is 0.115. The highest BCUT2D eigenvalue weighted by molar-refractivity contribution is 6.31. The van der Waals surface area contributed by atoms with E-state index in [0.717, 1.165) is 33.0 Å². The fourth-order valence-electron chi connectivity index (χ4n) is 3.29. The van der Waals surface area contributed by atoms with E-state index in [1.807, 2.05) is 34.9 Å². The molecule has 0 saturated heterocycles. The Morgan fingerprint density at radius 1 is 1.15 bits per heavy atom. The maximum atomic E-state index is 12.3. The molecule has 1 amide bonds. The summed E-state index contributed by atoms with van der Waals surface area (Å²) in [7, 11) is 0. The number of nitrogens with one attached hydrogen (secondary N) is 1. The lowest BCUT2D eigenvalue weighted by Crippen LogP contribution is -2.31. The minimum atomic E-state index is -0.115. The topological polar surface area (TPSA) is 85.8 Å². The average molecular weight is 382 g/mol. The molecule has 4 rings (SSSR count). The van der Waals surface area contributed by atoms with Crippen LogP contribution in [-0.4, -0.2) is 33.5 Å². The fourth-order valence-corrected chi connectivity index (χ4v) is 3.46. The van der Waals surface area contributed by atoms with Gasteiger partial charge in [0.05, 0.1) is 16.6 Å². The van der Waals surface area contributed by atoms with Crippen molar-refractivity contribution in [2.24, 2.45) is 5.73 Å². The van der Waals surface area contributed by atoms with Gasteiger partial charge in [-0.2, -0.15) is 0 Å². The number of rotatable bonds is 4. The maximum Gasteiger partial charge on any atom is 0.240 e. The van der Waals surface area contributed by atoms with Crippen molar-refractivity contribution in [3.63, 3.8) is 0 Å². The molecule has 0 aliphatic carbocycles. The summed E-state index contributed by atoms with van der Waals surface area (Å²) in [5.74, 6) is -0.115. The van der Waals surface area contributed by atoms with Gasteiger partial charge in [-0.3, -0.25) is 4.79 Å². The largest absolute Gasteiger partial charge is 0.353 e. The number of hydrogen-bond acceptors (Lipinski definition) is 4. The van der Waals surface area contributed by atoms with E-state index < -0.39 is 0 Å². The van der Waals surface area contributed by atoms with Crippen LogP contribution in [-0.2, 0) is 11.3 Å². The van der Waals surface area contributed by atoms with Gasteiger partial charge in [-0.25, -0.2) is 9.97 Å². The van der Waals surface area contributed by atoms with Crippen LogP contribution >= 0.6 is 11.6 Å². The van der Waals surface area contributed by atoms with Crippen molar-refractivity contribution >= 4 is 50.6 Å². The van der Waals surface area contributed by atoms with Gasteiger partial charge in [0.15, 0.2) is 5.65 Å². The Bertz CT molecular complexity index is 1200. The van der Waals surface area contributed by atoms with Gasteiger partial charge in [-0.1, -0.05) is 11.6 Å². The molecule has 3 N–H and O–H groups in total. The molecule has 0 saturated carbocycles. The van der Waals surface area contributed by atoms with Crippen molar-refractivity contribution in [1.29, 1.82) is 0 Å². The van der Waals surface area contributed by atoms with Crippen molar-refractivity contribution in [2.75, 3.05) is 13.1 Å². The number of carbonyl (C=O) groups is 1. The van der Waals surface area contributed by atoms with E-state index in [9.17, 15) is 4.79 Å². The van der Waals surface area contributed by atoms with Crippen molar-refractivity contribution in [2.45, 2.75) is 20.4 Å². The van der Waals surface area contributed by atoms with E-state index in [4.69, 9.17) is 27.3 Å². The van der Waals surface area contributed by atoms with E-state index >= 15 is 0 Å². The van der Waals surface area contributed by atoms with Gasteiger partial charge in [0.1, 0.15) is 12.1 Å². The van der Waals surface area contributed by atoms with Crippen LogP contribution < -0.4 is 11.1 Å². The fraction of sp³-hybridized carbons (Fsp3) is 0.250. The van der Waals surface area contributed by atoms with Crippen LogP contribution in [0.5, 0.6) is 0 Å². The highest BCUT2D eigenvalue weighted by Crippen LogP contribution is 2.30. The molecule has 0 aliphatic heterocycles. The number of hydrogen-bond donors (Lipinski definition) is 2. The third-order valence-corrected chi connectivity index (χ3v) is 5.02. The number of halogens is 1. The van der Waals surface area contributed by atoms with Crippen molar-refractivity contribution in [3.05, 3.63) is 46.5 Å². The second kappa shape index (κ2) is 6.79. The Kier molecular flexibility index (Phi) is 4.45. The number of nitrogens with two attached hydrogens (primary N) is 1. The Morgan fingerprint density at radius 2 is 1.85 bits per heavy atom. The van der Waals surface area contributed by atoms with Gasteiger partial charge >= 0.3 is 0 Å². The van der Waals surface area contributed by atoms with Crippen LogP contribution in [0.2, 0.25) is 5.02 Å². The summed E-state index contributed by atoms with van der Waals surface area (Å²) in [6.07, 6.45) is 0. The quantitative estimate of drug-likeness (QED) is 0.568. The molecule has 2 aromatic carbocycles. The third-order valence-electron chi connectivity index (χ3n) is 4.79. The van der Waals surface area contributed by atoms with E-state index in [1.165, 1.54) is 5.56 Å². The second-order valence-corrected chi connectivity index (χ2v) is 7.14. The van der Waals surface area contributed by atoms with Crippen LogP contribution in [0.15, 0.2) is 30.3 Å². The zero-order valence-corrected chi connectivity index (χ0v) is 16.0. The van der Waals surface area contributed by atoms with Crippen LogP contribution in [0.3, 0.4) is 0 Å². The summed E-state index contributed by atoms with van der Waals surface area (Å²) in [6.45, 7) is 5.10.